The molecule has 0 bridgehead atoms. The lowest BCUT2D eigenvalue weighted by atomic mass is 10.0. The molecule has 0 spiro atoms. The van der Waals surface area contributed by atoms with E-state index in [9.17, 15) is 9.90 Å². The quantitative estimate of drug-likeness (QED) is 0.887. The van der Waals surface area contributed by atoms with Gasteiger partial charge >= 0.3 is 6.03 Å². The standard InChI is InChI=1S/C16H27N5O2/c1-10(2)14-18-15-12(5-4-7-21(15)19-14)17-16(23)20-8-6-11(3)13(20)9-22/h10-13,22H,4-9H2,1-3H3,(H,17,23). The van der Waals surface area contributed by atoms with Gasteiger partial charge in [-0.2, -0.15) is 5.10 Å². The van der Waals surface area contributed by atoms with Gasteiger partial charge in [-0.25, -0.2) is 14.5 Å². The summed E-state index contributed by atoms with van der Waals surface area (Å²) >= 11 is 0. The third-order valence-corrected chi connectivity index (χ3v) is 5.04. The number of fused-ring (bicyclic) bond motifs is 1. The Morgan fingerprint density at radius 3 is 2.87 bits per heavy atom. The molecule has 3 atom stereocenters. The molecular weight excluding hydrogens is 294 g/mol. The normalized spacial score (nSPS) is 27.3. The summed E-state index contributed by atoms with van der Waals surface area (Å²) in [7, 11) is 0. The average molecular weight is 321 g/mol. The van der Waals surface area contributed by atoms with Crippen LogP contribution in [-0.4, -0.2) is 50.0 Å². The number of carbonyl (C=O) groups is 1. The van der Waals surface area contributed by atoms with E-state index >= 15 is 0 Å². The van der Waals surface area contributed by atoms with E-state index in [0.717, 1.165) is 37.5 Å². The van der Waals surface area contributed by atoms with E-state index in [1.807, 2.05) is 4.68 Å². The van der Waals surface area contributed by atoms with E-state index in [0.29, 0.717) is 12.5 Å². The molecule has 3 rings (SSSR count). The molecule has 3 heterocycles. The van der Waals surface area contributed by atoms with E-state index in [1.54, 1.807) is 4.90 Å². The van der Waals surface area contributed by atoms with E-state index in [1.165, 1.54) is 0 Å². The number of amides is 2. The Bertz CT molecular complexity index is 571. The highest BCUT2D eigenvalue weighted by atomic mass is 16.3. The zero-order valence-corrected chi connectivity index (χ0v) is 14.2. The minimum Gasteiger partial charge on any atom is -0.394 e. The van der Waals surface area contributed by atoms with Crippen LogP contribution in [0.4, 0.5) is 4.79 Å². The number of carbonyl (C=O) groups excluding carboxylic acids is 1. The van der Waals surface area contributed by atoms with Gasteiger partial charge in [-0.05, 0) is 25.2 Å². The first kappa shape index (κ1) is 16.2. The molecule has 7 nitrogen and oxygen atoms in total. The number of aliphatic hydroxyl groups is 1. The van der Waals surface area contributed by atoms with Gasteiger partial charge in [0.05, 0.1) is 18.7 Å². The van der Waals surface area contributed by atoms with Crippen LogP contribution in [-0.2, 0) is 6.54 Å². The number of rotatable bonds is 3. The van der Waals surface area contributed by atoms with Crippen LogP contribution in [0, 0.1) is 5.92 Å². The third-order valence-electron chi connectivity index (χ3n) is 5.04. The lowest BCUT2D eigenvalue weighted by molar-refractivity contribution is 0.140. The summed E-state index contributed by atoms with van der Waals surface area (Å²) in [5, 5.41) is 17.2. The molecule has 1 saturated heterocycles. The summed E-state index contributed by atoms with van der Waals surface area (Å²) in [5.74, 6) is 2.32. The van der Waals surface area contributed by atoms with Crippen molar-refractivity contribution in [1.29, 1.82) is 0 Å². The van der Waals surface area contributed by atoms with Gasteiger partial charge in [0.2, 0.25) is 0 Å². The van der Waals surface area contributed by atoms with Crippen molar-refractivity contribution < 1.29 is 9.90 Å². The molecule has 128 valence electrons. The second-order valence-electron chi connectivity index (χ2n) is 7.06. The largest absolute Gasteiger partial charge is 0.394 e. The second kappa shape index (κ2) is 6.47. The summed E-state index contributed by atoms with van der Waals surface area (Å²) in [6.07, 6.45) is 2.81. The zero-order valence-electron chi connectivity index (χ0n) is 14.2. The number of hydrogen-bond donors (Lipinski definition) is 2. The lowest BCUT2D eigenvalue weighted by Gasteiger charge is -2.29. The molecule has 3 unspecified atom stereocenters. The number of urea groups is 1. The van der Waals surface area contributed by atoms with E-state index in [4.69, 9.17) is 0 Å². The van der Waals surface area contributed by atoms with Crippen LogP contribution in [0.25, 0.3) is 0 Å². The van der Waals surface area contributed by atoms with Gasteiger partial charge in [-0.1, -0.05) is 20.8 Å². The van der Waals surface area contributed by atoms with Crippen LogP contribution >= 0.6 is 0 Å². The topological polar surface area (TPSA) is 83.3 Å². The van der Waals surface area contributed by atoms with E-state index < -0.39 is 0 Å². The van der Waals surface area contributed by atoms with Crippen LogP contribution < -0.4 is 5.32 Å². The number of aliphatic hydroxyl groups excluding tert-OH is 1. The Hall–Kier alpha value is -1.63. The third kappa shape index (κ3) is 3.06. The van der Waals surface area contributed by atoms with Crippen molar-refractivity contribution in [2.45, 2.75) is 64.6 Å². The maximum atomic E-state index is 12.6. The van der Waals surface area contributed by atoms with Crippen LogP contribution in [0.15, 0.2) is 0 Å². The molecule has 2 N–H and O–H groups in total. The molecule has 23 heavy (non-hydrogen) atoms. The highest BCUT2D eigenvalue weighted by molar-refractivity contribution is 5.75. The van der Waals surface area contributed by atoms with Gasteiger partial charge in [-0.3, -0.25) is 0 Å². The fraction of sp³-hybridized carbons (Fsp3) is 0.812. The van der Waals surface area contributed by atoms with E-state index in [-0.39, 0.29) is 30.6 Å². The van der Waals surface area contributed by atoms with Crippen LogP contribution in [0.1, 0.15) is 63.6 Å². The van der Waals surface area contributed by atoms with Crippen molar-refractivity contribution in [3.63, 3.8) is 0 Å². The van der Waals surface area contributed by atoms with Gasteiger partial charge < -0.3 is 15.3 Å². The van der Waals surface area contributed by atoms with Crippen LogP contribution in [0.5, 0.6) is 0 Å². The fourth-order valence-corrected chi connectivity index (χ4v) is 3.52. The second-order valence-corrected chi connectivity index (χ2v) is 7.06. The highest BCUT2D eigenvalue weighted by Gasteiger charge is 2.35. The maximum absolute atomic E-state index is 12.6. The first-order valence-electron chi connectivity index (χ1n) is 8.64. The average Bonchev–Trinajstić information content (AvgIpc) is 3.11. The minimum absolute atomic E-state index is 0.0208. The molecular formula is C16H27N5O2. The van der Waals surface area contributed by atoms with Gasteiger partial charge in [0.25, 0.3) is 0 Å². The van der Waals surface area contributed by atoms with E-state index in [2.05, 4.69) is 36.2 Å². The van der Waals surface area contributed by atoms with Gasteiger partial charge in [0, 0.05) is 19.0 Å². The molecule has 2 aliphatic heterocycles. The molecule has 7 heteroatoms. The van der Waals surface area contributed by atoms with Crippen molar-refractivity contribution in [2.75, 3.05) is 13.2 Å². The van der Waals surface area contributed by atoms with Gasteiger partial charge in [0.15, 0.2) is 5.82 Å². The van der Waals surface area contributed by atoms with Crippen molar-refractivity contribution in [2.24, 2.45) is 5.92 Å². The van der Waals surface area contributed by atoms with Crippen molar-refractivity contribution in [3.8, 4) is 0 Å². The van der Waals surface area contributed by atoms with Crippen molar-refractivity contribution in [1.82, 2.24) is 25.0 Å². The Kier molecular flexibility index (Phi) is 4.57. The van der Waals surface area contributed by atoms with Crippen LogP contribution in [0.3, 0.4) is 0 Å². The first-order chi connectivity index (χ1) is 11.0. The molecule has 1 aromatic rings. The number of nitrogens with zero attached hydrogens (tertiary/aromatic N) is 4. The molecule has 1 aromatic heterocycles. The number of likely N-dealkylation sites (tertiary alicyclic amines) is 1. The summed E-state index contributed by atoms with van der Waals surface area (Å²) in [6, 6.07) is -0.268. The Morgan fingerprint density at radius 1 is 1.39 bits per heavy atom. The van der Waals surface area contributed by atoms with Gasteiger partial charge in [-0.15, -0.1) is 0 Å². The molecule has 2 aliphatic rings. The van der Waals surface area contributed by atoms with Gasteiger partial charge in [0.1, 0.15) is 5.82 Å². The van der Waals surface area contributed by atoms with Crippen molar-refractivity contribution in [3.05, 3.63) is 11.6 Å². The summed E-state index contributed by atoms with van der Waals surface area (Å²) < 4.78 is 1.93. The number of aryl methyl sites for hydroxylation is 1. The number of hydrogen-bond acceptors (Lipinski definition) is 4. The predicted octanol–water partition coefficient (Wildman–Crippen LogP) is 1.65. The SMILES string of the molecule is CC(C)c1nc2n(n1)CCCC2NC(=O)N1CCC(C)C1CO. The maximum Gasteiger partial charge on any atom is 0.318 e. The first-order valence-corrected chi connectivity index (χ1v) is 8.64. The minimum atomic E-state index is -0.0963. The summed E-state index contributed by atoms with van der Waals surface area (Å²) in [4.78, 5) is 19.0. The monoisotopic (exact) mass is 321 g/mol. The predicted molar refractivity (Wildman–Crippen MR) is 86.0 cm³/mol. The summed E-state index contributed by atoms with van der Waals surface area (Å²) in [5.41, 5.74) is 0. The Labute approximate surface area is 137 Å². The molecule has 0 saturated carbocycles. The number of aromatic nitrogens is 3. The summed E-state index contributed by atoms with van der Waals surface area (Å²) in [6.45, 7) is 7.82. The molecule has 1 fully saturated rings. The lowest BCUT2D eigenvalue weighted by Crippen LogP contribution is -2.47. The Balaban J connectivity index is 1.73. The molecule has 2 amide bonds. The van der Waals surface area contributed by atoms with Crippen LogP contribution in [0.2, 0.25) is 0 Å². The zero-order chi connectivity index (χ0) is 16.6. The molecule has 0 aliphatic carbocycles. The smallest absolute Gasteiger partial charge is 0.318 e. The fourth-order valence-electron chi connectivity index (χ4n) is 3.52. The Morgan fingerprint density at radius 2 is 2.17 bits per heavy atom. The number of nitrogens with one attached hydrogen (secondary N) is 1. The molecule has 0 aromatic carbocycles. The molecule has 0 radical (unpaired) electrons. The van der Waals surface area contributed by atoms with Crippen molar-refractivity contribution >= 4 is 6.03 Å². The highest BCUT2D eigenvalue weighted by Crippen LogP contribution is 2.27.